The van der Waals surface area contributed by atoms with Gasteiger partial charge in [0.05, 0.1) is 25.4 Å². The molecule has 2 unspecified atom stereocenters. The zero-order valence-corrected chi connectivity index (χ0v) is 51.8. The summed E-state index contributed by atoms with van der Waals surface area (Å²) in [4.78, 5) is 24.6. The van der Waals surface area contributed by atoms with Crippen molar-refractivity contribution in [3.8, 4) is 0 Å². The van der Waals surface area contributed by atoms with Gasteiger partial charge in [-0.2, -0.15) is 0 Å². The molecule has 6 heteroatoms. The first kappa shape index (κ1) is 74.6. The number of ether oxygens (including phenoxy) is 1. The van der Waals surface area contributed by atoms with Crippen LogP contribution < -0.4 is 5.32 Å². The van der Waals surface area contributed by atoms with Gasteiger partial charge in [-0.25, -0.2) is 0 Å². The third-order valence-corrected chi connectivity index (χ3v) is 16.6. The van der Waals surface area contributed by atoms with Crippen molar-refractivity contribution in [1.82, 2.24) is 5.32 Å². The third kappa shape index (κ3) is 61.8. The number of rotatable bonds is 66. The highest BCUT2D eigenvalue weighted by Crippen LogP contribution is 2.19. The van der Waals surface area contributed by atoms with Crippen molar-refractivity contribution in [2.24, 2.45) is 0 Å². The van der Waals surface area contributed by atoms with E-state index in [0.29, 0.717) is 25.9 Å². The number of aliphatic hydroxyl groups excluding tert-OH is 2. The minimum absolute atomic E-state index is 0.0151. The lowest BCUT2D eigenvalue weighted by Crippen LogP contribution is -2.45. The number of nitrogens with one attached hydrogen (secondary N) is 1. The molecule has 0 spiro atoms. The molecule has 0 saturated carbocycles. The topological polar surface area (TPSA) is 95.9 Å². The number of hydrogen-bond donors (Lipinski definition) is 3. The van der Waals surface area contributed by atoms with E-state index in [0.717, 1.165) is 38.5 Å². The average molecular weight is 1070 g/mol. The van der Waals surface area contributed by atoms with Gasteiger partial charge in [-0.15, -0.1) is 0 Å². The minimum atomic E-state index is -0.669. The van der Waals surface area contributed by atoms with Crippen LogP contribution in [0, 0.1) is 0 Å². The Morgan fingerprint density at radius 1 is 0.355 bits per heavy atom. The van der Waals surface area contributed by atoms with Gasteiger partial charge in [-0.05, 0) is 51.4 Å². The molecule has 0 aromatic heterocycles. The first-order valence-corrected chi connectivity index (χ1v) is 34.9. The molecule has 6 nitrogen and oxygen atoms in total. The normalized spacial score (nSPS) is 12.5. The maximum absolute atomic E-state index is 12.5. The van der Waals surface area contributed by atoms with E-state index < -0.39 is 12.1 Å². The predicted molar refractivity (Wildman–Crippen MR) is 333 cm³/mol. The number of carbonyl (C=O) groups is 2. The SMILES string of the molecule is CCCCCCCCCCCCCCCCCCCCCCC(O)C(CO)NC(=O)CCCCCCCCC/C=C\CCCCCCCCCCCCCOC(=O)CCCCCCCCCCCCCCCCCCC. The molecule has 452 valence electrons. The molecule has 0 aliphatic carbocycles. The lowest BCUT2D eigenvalue weighted by molar-refractivity contribution is -0.143. The predicted octanol–water partition coefficient (Wildman–Crippen LogP) is 22.4. The van der Waals surface area contributed by atoms with E-state index in [1.54, 1.807) is 0 Å². The van der Waals surface area contributed by atoms with E-state index in [2.05, 4.69) is 31.3 Å². The molecule has 3 N–H and O–H groups in total. The number of unbranched alkanes of at least 4 members (excludes halogenated alkanes) is 53. The van der Waals surface area contributed by atoms with Crippen LogP contribution in [0.1, 0.15) is 399 Å². The van der Waals surface area contributed by atoms with Crippen molar-refractivity contribution in [2.75, 3.05) is 13.2 Å². The van der Waals surface area contributed by atoms with Gasteiger partial charge in [0, 0.05) is 12.8 Å². The number of carbonyl (C=O) groups excluding carboxylic acids is 2. The Kier molecular flexibility index (Phi) is 64.9. The number of aliphatic hydroxyl groups is 2. The van der Waals surface area contributed by atoms with E-state index >= 15 is 0 Å². The largest absolute Gasteiger partial charge is 0.466 e. The Labute approximate surface area is 476 Å². The van der Waals surface area contributed by atoms with E-state index in [1.807, 2.05) is 0 Å². The van der Waals surface area contributed by atoms with Gasteiger partial charge in [-0.3, -0.25) is 9.59 Å². The zero-order chi connectivity index (χ0) is 55.0. The van der Waals surface area contributed by atoms with Gasteiger partial charge in [0.25, 0.3) is 0 Å². The lowest BCUT2D eigenvalue weighted by Gasteiger charge is -2.22. The quantitative estimate of drug-likeness (QED) is 0.0320. The molecule has 0 bridgehead atoms. The van der Waals surface area contributed by atoms with Crippen LogP contribution in [-0.2, 0) is 14.3 Å². The molecule has 0 heterocycles. The standard InChI is InChI=1S/C70H137NO5/c1-3-5-7-9-11-13-15-17-19-21-22-27-31-34-38-42-46-50-54-58-62-68(73)67(66-72)71-69(74)63-59-55-51-47-43-39-35-32-28-25-23-24-26-29-33-37-41-45-49-53-57-61-65-76-70(75)64-60-56-52-48-44-40-36-30-20-18-16-14-12-10-8-6-4-2/h25,28,67-68,72-73H,3-24,26-27,29-66H2,1-2H3,(H,71,74)/b28-25-. The zero-order valence-electron chi connectivity index (χ0n) is 51.8. The Hall–Kier alpha value is -1.40. The van der Waals surface area contributed by atoms with Gasteiger partial charge in [0.2, 0.25) is 5.91 Å². The molecular weight excluding hydrogens is 935 g/mol. The Morgan fingerprint density at radius 2 is 0.618 bits per heavy atom. The molecule has 0 aromatic carbocycles. The number of allylic oxidation sites excluding steroid dienone is 2. The first-order valence-electron chi connectivity index (χ1n) is 34.9. The molecule has 0 saturated heterocycles. The van der Waals surface area contributed by atoms with Crippen LogP contribution >= 0.6 is 0 Å². The second-order valence-corrected chi connectivity index (χ2v) is 24.2. The van der Waals surface area contributed by atoms with Crippen molar-refractivity contribution in [2.45, 2.75) is 411 Å². The molecular formula is C70H137NO5. The lowest BCUT2D eigenvalue weighted by atomic mass is 10.0. The molecule has 0 radical (unpaired) electrons. The Balaban J connectivity index is 3.39. The van der Waals surface area contributed by atoms with E-state index in [9.17, 15) is 19.8 Å². The summed E-state index contributed by atoms with van der Waals surface area (Å²) in [7, 11) is 0. The van der Waals surface area contributed by atoms with E-state index in [1.165, 1.54) is 327 Å². The van der Waals surface area contributed by atoms with Crippen molar-refractivity contribution in [3.05, 3.63) is 12.2 Å². The van der Waals surface area contributed by atoms with Crippen molar-refractivity contribution >= 4 is 11.9 Å². The van der Waals surface area contributed by atoms with Gasteiger partial charge in [-0.1, -0.05) is 347 Å². The molecule has 0 aromatic rings. The molecule has 0 fully saturated rings. The smallest absolute Gasteiger partial charge is 0.305 e. The van der Waals surface area contributed by atoms with E-state index in [-0.39, 0.29) is 18.5 Å². The Morgan fingerprint density at radius 3 is 0.934 bits per heavy atom. The minimum Gasteiger partial charge on any atom is -0.466 e. The highest BCUT2D eigenvalue weighted by Gasteiger charge is 2.20. The highest BCUT2D eigenvalue weighted by molar-refractivity contribution is 5.76. The van der Waals surface area contributed by atoms with Gasteiger partial charge in [0.15, 0.2) is 0 Å². The maximum Gasteiger partial charge on any atom is 0.305 e. The van der Waals surface area contributed by atoms with Crippen molar-refractivity contribution in [1.29, 1.82) is 0 Å². The average Bonchev–Trinajstić information content (AvgIpc) is 3.42. The second-order valence-electron chi connectivity index (χ2n) is 24.2. The molecule has 0 rings (SSSR count). The van der Waals surface area contributed by atoms with Gasteiger partial charge in [0.1, 0.15) is 0 Å². The molecule has 1 amide bonds. The fraction of sp³-hybridized carbons (Fsp3) is 0.943. The van der Waals surface area contributed by atoms with Crippen LogP contribution in [0.5, 0.6) is 0 Å². The summed E-state index contributed by atoms with van der Waals surface area (Å²) in [6.07, 6.45) is 81.0. The summed E-state index contributed by atoms with van der Waals surface area (Å²) in [6.45, 7) is 4.99. The monoisotopic (exact) mass is 1070 g/mol. The summed E-state index contributed by atoms with van der Waals surface area (Å²) in [5.74, 6) is -0.0223. The number of esters is 1. The third-order valence-electron chi connectivity index (χ3n) is 16.6. The molecule has 76 heavy (non-hydrogen) atoms. The van der Waals surface area contributed by atoms with Crippen molar-refractivity contribution in [3.63, 3.8) is 0 Å². The van der Waals surface area contributed by atoms with Crippen LogP contribution in [0.2, 0.25) is 0 Å². The summed E-state index contributed by atoms with van der Waals surface area (Å²) < 4.78 is 5.50. The van der Waals surface area contributed by atoms with Gasteiger partial charge >= 0.3 is 5.97 Å². The van der Waals surface area contributed by atoms with Gasteiger partial charge < -0.3 is 20.3 Å². The van der Waals surface area contributed by atoms with Crippen LogP contribution in [0.3, 0.4) is 0 Å². The summed E-state index contributed by atoms with van der Waals surface area (Å²) in [6, 6.07) is -0.547. The second kappa shape index (κ2) is 66.1. The van der Waals surface area contributed by atoms with Crippen molar-refractivity contribution < 1.29 is 24.5 Å². The van der Waals surface area contributed by atoms with Crippen LogP contribution in [0.25, 0.3) is 0 Å². The highest BCUT2D eigenvalue weighted by atomic mass is 16.5. The van der Waals surface area contributed by atoms with Crippen LogP contribution in [0.4, 0.5) is 0 Å². The maximum atomic E-state index is 12.5. The molecule has 2 atom stereocenters. The van der Waals surface area contributed by atoms with Crippen LogP contribution in [0.15, 0.2) is 12.2 Å². The van der Waals surface area contributed by atoms with E-state index in [4.69, 9.17) is 4.74 Å². The summed E-state index contributed by atoms with van der Waals surface area (Å²) >= 11 is 0. The Bertz CT molecular complexity index is 1140. The molecule has 0 aliphatic heterocycles. The summed E-state index contributed by atoms with van der Waals surface area (Å²) in [5, 5.41) is 23.4. The fourth-order valence-corrected chi connectivity index (χ4v) is 11.2. The number of hydrogen-bond acceptors (Lipinski definition) is 5. The molecule has 0 aliphatic rings. The number of amides is 1. The first-order chi connectivity index (χ1) is 37.5. The van der Waals surface area contributed by atoms with Crippen LogP contribution in [-0.4, -0.2) is 47.4 Å². The fourth-order valence-electron chi connectivity index (χ4n) is 11.2. The summed E-state index contributed by atoms with van der Waals surface area (Å²) in [5.41, 5.74) is 0.